The van der Waals surface area contributed by atoms with Crippen molar-refractivity contribution in [3.05, 3.63) is 68.7 Å². The molecule has 1 amide bonds. The summed E-state index contributed by atoms with van der Waals surface area (Å²) in [5.41, 5.74) is 2.84. The molecule has 0 saturated heterocycles. The van der Waals surface area contributed by atoms with Gasteiger partial charge in [0.1, 0.15) is 12.4 Å². The molecule has 3 aromatic rings. The molecule has 1 atom stereocenters. The Labute approximate surface area is 180 Å². The third kappa shape index (κ3) is 5.90. The van der Waals surface area contributed by atoms with Crippen LogP contribution in [0.5, 0.6) is 5.75 Å². The standard InChI is InChI=1S/C19H15Cl2N3O4S/c1-11(18(25)24-17-16(21)6-13(20)7-22-17)28-19(26)12-2-4-15(5-3-12)27-8-14-9-29-10-23-14/h2-7,9-11H,8H2,1H3,(H,22,24,25). The molecule has 0 spiro atoms. The van der Waals surface area contributed by atoms with E-state index in [1.54, 1.807) is 29.8 Å². The monoisotopic (exact) mass is 451 g/mol. The zero-order chi connectivity index (χ0) is 20.8. The molecule has 0 radical (unpaired) electrons. The van der Waals surface area contributed by atoms with E-state index in [2.05, 4.69) is 15.3 Å². The number of anilines is 1. The van der Waals surface area contributed by atoms with Gasteiger partial charge in [0, 0.05) is 11.6 Å². The van der Waals surface area contributed by atoms with Gasteiger partial charge in [-0.1, -0.05) is 23.2 Å². The van der Waals surface area contributed by atoms with Gasteiger partial charge in [-0.3, -0.25) is 4.79 Å². The van der Waals surface area contributed by atoms with Crippen molar-refractivity contribution in [2.75, 3.05) is 5.32 Å². The van der Waals surface area contributed by atoms with Crippen LogP contribution in [0, 0.1) is 0 Å². The van der Waals surface area contributed by atoms with Crippen molar-refractivity contribution < 1.29 is 19.1 Å². The van der Waals surface area contributed by atoms with Crippen molar-refractivity contribution in [3.63, 3.8) is 0 Å². The molecule has 10 heteroatoms. The van der Waals surface area contributed by atoms with Gasteiger partial charge in [-0.25, -0.2) is 14.8 Å². The summed E-state index contributed by atoms with van der Waals surface area (Å²) >= 11 is 13.2. The molecule has 0 bridgehead atoms. The zero-order valence-corrected chi connectivity index (χ0v) is 17.4. The number of nitrogens with one attached hydrogen (secondary N) is 1. The number of nitrogens with zero attached hydrogens (tertiary/aromatic N) is 2. The molecule has 0 aliphatic carbocycles. The summed E-state index contributed by atoms with van der Waals surface area (Å²) in [4.78, 5) is 32.5. The summed E-state index contributed by atoms with van der Waals surface area (Å²) in [5.74, 6) is -0.499. The van der Waals surface area contributed by atoms with Crippen molar-refractivity contribution in [3.8, 4) is 5.75 Å². The quantitative estimate of drug-likeness (QED) is 0.527. The number of aromatic nitrogens is 2. The number of pyridine rings is 1. The van der Waals surface area contributed by atoms with Crippen molar-refractivity contribution in [2.45, 2.75) is 19.6 Å². The van der Waals surface area contributed by atoms with E-state index in [1.807, 2.05) is 5.38 Å². The summed E-state index contributed by atoms with van der Waals surface area (Å²) in [7, 11) is 0. The smallest absolute Gasteiger partial charge is 0.338 e. The molecule has 1 unspecified atom stereocenters. The first-order chi connectivity index (χ1) is 13.9. The number of rotatable bonds is 7. The molecule has 3 rings (SSSR count). The van der Waals surface area contributed by atoms with E-state index in [9.17, 15) is 9.59 Å². The first kappa shape index (κ1) is 21.0. The minimum atomic E-state index is -1.06. The summed E-state index contributed by atoms with van der Waals surface area (Å²) in [6.07, 6.45) is 0.286. The molecule has 2 aromatic heterocycles. The lowest BCUT2D eigenvalue weighted by atomic mass is 10.2. The second-order valence-corrected chi connectivity index (χ2v) is 7.38. The van der Waals surface area contributed by atoms with Crippen LogP contribution in [0.25, 0.3) is 0 Å². The highest BCUT2D eigenvalue weighted by atomic mass is 35.5. The van der Waals surface area contributed by atoms with E-state index >= 15 is 0 Å². The number of esters is 1. The van der Waals surface area contributed by atoms with Crippen LogP contribution in [0.15, 0.2) is 47.4 Å². The van der Waals surface area contributed by atoms with Crippen LogP contribution >= 0.6 is 34.5 Å². The van der Waals surface area contributed by atoms with Crippen LogP contribution < -0.4 is 10.1 Å². The summed E-state index contributed by atoms with van der Waals surface area (Å²) < 4.78 is 10.8. The molecule has 0 aliphatic heterocycles. The van der Waals surface area contributed by atoms with Crippen molar-refractivity contribution in [2.24, 2.45) is 0 Å². The Morgan fingerprint density at radius 1 is 1.21 bits per heavy atom. The minimum Gasteiger partial charge on any atom is -0.487 e. The Morgan fingerprint density at radius 3 is 2.62 bits per heavy atom. The summed E-state index contributed by atoms with van der Waals surface area (Å²) in [5, 5.41) is 4.90. The van der Waals surface area contributed by atoms with Crippen LogP contribution in [0.3, 0.4) is 0 Å². The third-order valence-corrected chi connectivity index (χ3v) is 4.79. The average molecular weight is 452 g/mol. The number of carbonyl (C=O) groups excluding carboxylic acids is 2. The predicted molar refractivity (Wildman–Crippen MR) is 111 cm³/mol. The van der Waals surface area contributed by atoms with Crippen molar-refractivity contribution in [1.82, 2.24) is 9.97 Å². The maximum Gasteiger partial charge on any atom is 0.338 e. The average Bonchev–Trinajstić information content (AvgIpc) is 3.22. The lowest BCUT2D eigenvalue weighted by Crippen LogP contribution is -2.30. The largest absolute Gasteiger partial charge is 0.487 e. The Kier molecular flexibility index (Phi) is 7.03. The van der Waals surface area contributed by atoms with Crippen LogP contribution in [0.1, 0.15) is 23.0 Å². The lowest BCUT2D eigenvalue weighted by Gasteiger charge is -2.14. The number of halogens is 2. The molecular formula is C19H15Cl2N3O4S. The molecule has 29 heavy (non-hydrogen) atoms. The van der Waals surface area contributed by atoms with Gasteiger partial charge in [0.15, 0.2) is 11.9 Å². The fraction of sp³-hybridized carbons (Fsp3) is 0.158. The molecule has 150 valence electrons. The topological polar surface area (TPSA) is 90.4 Å². The van der Waals surface area contributed by atoms with Crippen LogP contribution in [-0.2, 0) is 16.1 Å². The van der Waals surface area contributed by atoms with E-state index < -0.39 is 18.0 Å². The van der Waals surface area contributed by atoms with Gasteiger partial charge in [-0.05, 0) is 37.3 Å². The van der Waals surface area contributed by atoms with E-state index in [1.165, 1.54) is 30.5 Å². The Bertz CT molecular complexity index is 997. The second-order valence-electron chi connectivity index (χ2n) is 5.81. The minimum absolute atomic E-state index is 0.130. The predicted octanol–water partition coefficient (Wildman–Crippen LogP) is 4.61. The number of hydrogen-bond acceptors (Lipinski definition) is 7. The highest BCUT2D eigenvalue weighted by molar-refractivity contribution is 7.07. The van der Waals surface area contributed by atoms with E-state index in [4.69, 9.17) is 32.7 Å². The highest BCUT2D eigenvalue weighted by Gasteiger charge is 2.20. The molecule has 1 N–H and O–H groups in total. The normalized spacial score (nSPS) is 11.6. The molecule has 0 saturated carbocycles. The number of benzene rings is 1. The van der Waals surface area contributed by atoms with Gasteiger partial charge in [-0.15, -0.1) is 11.3 Å². The van der Waals surface area contributed by atoms with Gasteiger partial charge in [0.2, 0.25) is 0 Å². The molecular weight excluding hydrogens is 437 g/mol. The van der Waals surface area contributed by atoms with Crippen LogP contribution in [0.2, 0.25) is 10.0 Å². The molecule has 0 aliphatic rings. The van der Waals surface area contributed by atoms with Crippen LogP contribution in [0.4, 0.5) is 5.82 Å². The molecule has 7 nitrogen and oxygen atoms in total. The first-order valence-electron chi connectivity index (χ1n) is 8.35. The fourth-order valence-electron chi connectivity index (χ4n) is 2.16. The maximum absolute atomic E-state index is 12.3. The van der Waals surface area contributed by atoms with Crippen LogP contribution in [-0.4, -0.2) is 27.9 Å². The Hall–Kier alpha value is -2.68. The number of ether oxygens (including phenoxy) is 2. The summed E-state index contributed by atoms with van der Waals surface area (Å²) in [6, 6.07) is 7.85. The van der Waals surface area contributed by atoms with Gasteiger partial charge >= 0.3 is 5.97 Å². The van der Waals surface area contributed by atoms with Gasteiger partial charge in [0.05, 0.1) is 26.8 Å². The number of amides is 1. The zero-order valence-electron chi connectivity index (χ0n) is 15.1. The first-order valence-corrected chi connectivity index (χ1v) is 10.0. The maximum atomic E-state index is 12.3. The molecule has 1 aromatic carbocycles. The van der Waals surface area contributed by atoms with E-state index in [0.717, 1.165) is 5.69 Å². The van der Waals surface area contributed by atoms with E-state index in [-0.39, 0.29) is 16.4 Å². The SMILES string of the molecule is CC(OC(=O)c1ccc(OCc2cscn2)cc1)C(=O)Nc1ncc(Cl)cc1Cl. The number of carbonyl (C=O) groups is 2. The van der Waals surface area contributed by atoms with Crippen molar-refractivity contribution in [1.29, 1.82) is 0 Å². The Morgan fingerprint density at radius 2 is 1.97 bits per heavy atom. The number of hydrogen-bond donors (Lipinski definition) is 1. The van der Waals surface area contributed by atoms with E-state index in [0.29, 0.717) is 17.4 Å². The second kappa shape index (κ2) is 9.69. The van der Waals surface area contributed by atoms with Gasteiger partial charge in [-0.2, -0.15) is 0 Å². The van der Waals surface area contributed by atoms with Gasteiger partial charge in [0.25, 0.3) is 5.91 Å². The summed E-state index contributed by atoms with van der Waals surface area (Å²) in [6.45, 7) is 1.79. The van der Waals surface area contributed by atoms with Gasteiger partial charge < -0.3 is 14.8 Å². The fourth-order valence-corrected chi connectivity index (χ4v) is 3.13. The van der Waals surface area contributed by atoms with Crippen molar-refractivity contribution >= 4 is 52.2 Å². The number of thiazole rings is 1. The molecule has 2 heterocycles. The Balaban J connectivity index is 1.53. The highest BCUT2D eigenvalue weighted by Crippen LogP contribution is 2.23. The lowest BCUT2D eigenvalue weighted by molar-refractivity contribution is -0.123. The third-order valence-electron chi connectivity index (χ3n) is 3.66. The molecule has 0 fully saturated rings.